The summed E-state index contributed by atoms with van der Waals surface area (Å²) in [5.74, 6) is -0.378. The lowest BCUT2D eigenvalue weighted by atomic mass is 10.1. The van der Waals surface area contributed by atoms with Gasteiger partial charge in [0, 0.05) is 24.6 Å². The highest BCUT2D eigenvalue weighted by molar-refractivity contribution is 5.42. The molecule has 0 saturated carbocycles. The summed E-state index contributed by atoms with van der Waals surface area (Å²) in [5, 5.41) is 0. The van der Waals surface area contributed by atoms with E-state index in [1.165, 1.54) is 5.56 Å². The van der Waals surface area contributed by atoms with Crippen LogP contribution in [0.15, 0.2) is 42.7 Å². The van der Waals surface area contributed by atoms with Gasteiger partial charge in [0.2, 0.25) is 0 Å². The Morgan fingerprint density at radius 1 is 1.16 bits per heavy atom. The Morgan fingerprint density at radius 3 is 2.74 bits per heavy atom. The molecule has 0 radical (unpaired) electrons. The lowest BCUT2D eigenvalue weighted by molar-refractivity contribution is 0.116. The number of hydrogen-bond donors (Lipinski definition) is 1. The highest BCUT2D eigenvalue weighted by Crippen LogP contribution is 2.15. The van der Waals surface area contributed by atoms with Crippen molar-refractivity contribution >= 4 is 5.69 Å². The molecule has 3 nitrogen and oxygen atoms in total. The van der Waals surface area contributed by atoms with Crippen molar-refractivity contribution in [2.45, 2.75) is 19.4 Å². The highest BCUT2D eigenvalue weighted by atomic mass is 19.1. The fourth-order valence-electron chi connectivity index (χ4n) is 1.82. The number of aromatic nitrogens is 1. The number of hydrogen-bond acceptors (Lipinski definition) is 3. The molecule has 1 heterocycles. The number of ether oxygens (including phenoxy) is 1. The molecule has 4 heteroatoms. The number of pyridine rings is 1. The zero-order valence-electron chi connectivity index (χ0n) is 10.7. The predicted molar refractivity (Wildman–Crippen MR) is 73.0 cm³/mol. The topological polar surface area (TPSA) is 48.1 Å². The molecule has 2 aromatic rings. The number of nitrogen functional groups attached to an aromatic ring is 1. The fraction of sp³-hybridized carbons (Fsp3) is 0.267. The number of anilines is 1. The van der Waals surface area contributed by atoms with E-state index in [9.17, 15) is 4.39 Å². The van der Waals surface area contributed by atoms with E-state index in [-0.39, 0.29) is 18.1 Å². The molecule has 2 N–H and O–H groups in total. The minimum Gasteiger partial charge on any atom is -0.396 e. The first kappa shape index (κ1) is 13.5. The molecular weight excluding hydrogens is 243 g/mol. The third-order valence-corrected chi connectivity index (χ3v) is 2.87. The summed E-state index contributed by atoms with van der Waals surface area (Å²) < 4.78 is 19.0. The lowest BCUT2D eigenvalue weighted by Gasteiger charge is -2.07. The van der Waals surface area contributed by atoms with Gasteiger partial charge in [-0.05, 0) is 36.6 Å². The number of nitrogens with zero attached hydrogens (tertiary/aromatic N) is 1. The summed E-state index contributed by atoms with van der Waals surface area (Å²) >= 11 is 0. The zero-order chi connectivity index (χ0) is 13.5. The van der Waals surface area contributed by atoms with Crippen LogP contribution in [-0.4, -0.2) is 11.6 Å². The Morgan fingerprint density at radius 2 is 1.95 bits per heavy atom. The lowest BCUT2D eigenvalue weighted by Crippen LogP contribution is -2.01. The van der Waals surface area contributed by atoms with Crippen LogP contribution in [0.25, 0.3) is 0 Å². The fourth-order valence-corrected chi connectivity index (χ4v) is 1.82. The monoisotopic (exact) mass is 260 g/mol. The molecule has 100 valence electrons. The number of halogens is 1. The van der Waals surface area contributed by atoms with Crippen LogP contribution in [0.4, 0.5) is 10.1 Å². The summed E-state index contributed by atoms with van der Waals surface area (Å²) in [6, 6.07) is 8.93. The standard InChI is InChI=1S/C15H17FN2O/c16-15-13(4-1-5-14(15)17)11-19-10-2-3-12-6-8-18-9-7-12/h1,4-9H,2-3,10-11,17H2. The molecule has 0 aliphatic heterocycles. The van der Waals surface area contributed by atoms with Gasteiger partial charge in [-0.25, -0.2) is 4.39 Å². The van der Waals surface area contributed by atoms with Crippen LogP contribution in [0.5, 0.6) is 0 Å². The Hall–Kier alpha value is -1.94. The molecule has 0 aliphatic rings. The molecule has 0 saturated heterocycles. The second-order valence-corrected chi connectivity index (χ2v) is 4.33. The van der Waals surface area contributed by atoms with Gasteiger partial charge in [-0.15, -0.1) is 0 Å². The second-order valence-electron chi connectivity index (χ2n) is 4.33. The quantitative estimate of drug-likeness (QED) is 0.641. The van der Waals surface area contributed by atoms with Gasteiger partial charge in [0.25, 0.3) is 0 Å². The number of benzene rings is 1. The van der Waals surface area contributed by atoms with Crippen molar-refractivity contribution in [3.05, 3.63) is 59.7 Å². The summed E-state index contributed by atoms with van der Waals surface area (Å²) in [6.07, 6.45) is 5.38. The molecule has 0 spiro atoms. The maximum Gasteiger partial charge on any atom is 0.151 e. The first-order chi connectivity index (χ1) is 9.27. The van der Waals surface area contributed by atoms with Crippen molar-refractivity contribution in [3.63, 3.8) is 0 Å². The van der Waals surface area contributed by atoms with Crippen LogP contribution in [0.2, 0.25) is 0 Å². The largest absolute Gasteiger partial charge is 0.396 e. The van der Waals surface area contributed by atoms with Gasteiger partial charge in [0.15, 0.2) is 5.82 Å². The zero-order valence-corrected chi connectivity index (χ0v) is 10.7. The van der Waals surface area contributed by atoms with E-state index in [0.29, 0.717) is 12.2 Å². The van der Waals surface area contributed by atoms with E-state index in [1.54, 1.807) is 30.6 Å². The molecule has 0 atom stereocenters. The molecule has 19 heavy (non-hydrogen) atoms. The highest BCUT2D eigenvalue weighted by Gasteiger charge is 2.04. The van der Waals surface area contributed by atoms with Crippen molar-refractivity contribution in [2.75, 3.05) is 12.3 Å². The molecule has 0 aliphatic carbocycles. The minimum absolute atomic E-state index is 0.165. The summed E-state index contributed by atoms with van der Waals surface area (Å²) in [7, 11) is 0. The summed E-state index contributed by atoms with van der Waals surface area (Å²) in [5.41, 5.74) is 7.39. The molecule has 0 unspecified atom stereocenters. The molecule has 1 aromatic heterocycles. The maximum absolute atomic E-state index is 13.6. The van der Waals surface area contributed by atoms with Crippen LogP contribution in [0, 0.1) is 5.82 Å². The van der Waals surface area contributed by atoms with Crippen molar-refractivity contribution < 1.29 is 9.13 Å². The first-order valence-corrected chi connectivity index (χ1v) is 6.27. The van der Waals surface area contributed by atoms with Crippen molar-refractivity contribution in [2.24, 2.45) is 0 Å². The Labute approximate surface area is 112 Å². The average Bonchev–Trinajstić information content (AvgIpc) is 2.44. The van der Waals surface area contributed by atoms with E-state index in [2.05, 4.69) is 4.98 Å². The van der Waals surface area contributed by atoms with Gasteiger partial charge >= 0.3 is 0 Å². The number of rotatable bonds is 6. The predicted octanol–water partition coefficient (Wildman–Crippen LogP) is 2.95. The molecule has 0 fully saturated rings. The summed E-state index contributed by atoms with van der Waals surface area (Å²) in [6.45, 7) is 0.851. The molecule has 0 bridgehead atoms. The van der Waals surface area contributed by atoms with E-state index in [4.69, 9.17) is 10.5 Å². The normalized spacial score (nSPS) is 10.6. The SMILES string of the molecule is Nc1cccc(COCCCc2ccncc2)c1F. The van der Waals surface area contributed by atoms with E-state index in [1.807, 2.05) is 12.1 Å². The minimum atomic E-state index is -0.378. The number of aryl methyl sites for hydroxylation is 1. The molecule has 2 rings (SSSR count). The van der Waals surface area contributed by atoms with Crippen LogP contribution in [-0.2, 0) is 17.8 Å². The molecular formula is C15H17FN2O. The van der Waals surface area contributed by atoms with Gasteiger partial charge in [-0.3, -0.25) is 4.98 Å². The van der Waals surface area contributed by atoms with Gasteiger partial charge in [-0.1, -0.05) is 12.1 Å². The average molecular weight is 260 g/mol. The van der Waals surface area contributed by atoms with Crippen LogP contribution < -0.4 is 5.73 Å². The van der Waals surface area contributed by atoms with Crippen LogP contribution >= 0.6 is 0 Å². The van der Waals surface area contributed by atoms with Gasteiger partial charge in [-0.2, -0.15) is 0 Å². The number of nitrogens with two attached hydrogens (primary N) is 1. The third kappa shape index (κ3) is 4.03. The Bertz CT molecular complexity index is 517. The van der Waals surface area contributed by atoms with Crippen LogP contribution in [0.3, 0.4) is 0 Å². The Balaban J connectivity index is 1.71. The first-order valence-electron chi connectivity index (χ1n) is 6.27. The Kier molecular flexibility index (Phi) is 4.86. The van der Waals surface area contributed by atoms with Gasteiger partial charge in [0.05, 0.1) is 12.3 Å². The second kappa shape index (κ2) is 6.85. The van der Waals surface area contributed by atoms with Crippen molar-refractivity contribution in [3.8, 4) is 0 Å². The van der Waals surface area contributed by atoms with Gasteiger partial charge in [0.1, 0.15) is 0 Å². The van der Waals surface area contributed by atoms with Gasteiger partial charge < -0.3 is 10.5 Å². The molecule has 1 aromatic carbocycles. The smallest absolute Gasteiger partial charge is 0.151 e. The van der Waals surface area contributed by atoms with Crippen molar-refractivity contribution in [1.29, 1.82) is 0 Å². The van der Waals surface area contributed by atoms with E-state index >= 15 is 0 Å². The van der Waals surface area contributed by atoms with Crippen molar-refractivity contribution in [1.82, 2.24) is 4.98 Å². The third-order valence-electron chi connectivity index (χ3n) is 2.87. The maximum atomic E-state index is 13.6. The van der Waals surface area contributed by atoms with E-state index < -0.39 is 0 Å². The van der Waals surface area contributed by atoms with Crippen LogP contribution in [0.1, 0.15) is 17.5 Å². The molecule has 0 amide bonds. The summed E-state index contributed by atoms with van der Waals surface area (Å²) in [4.78, 5) is 3.96. The van der Waals surface area contributed by atoms with E-state index in [0.717, 1.165) is 12.8 Å².